The predicted molar refractivity (Wildman–Crippen MR) is 73.2 cm³/mol. The Morgan fingerprint density at radius 1 is 1.41 bits per heavy atom. The van der Waals surface area contributed by atoms with Gasteiger partial charge >= 0.3 is 0 Å². The molecule has 3 nitrogen and oxygen atoms in total. The van der Waals surface area contributed by atoms with Gasteiger partial charge in [-0.15, -0.1) is 6.58 Å². The van der Waals surface area contributed by atoms with E-state index in [4.69, 9.17) is 10.8 Å². The van der Waals surface area contributed by atoms with Gasteiger partial charge in [0.05, 0.1) is 6.61 Å². The van der Waals surface area contributed by atoms with Crippen LogP contribution in [0.4, 0.5) is 5.69 Å². The van der Waals surface area contributed by atoms with Gasteiger partial charge in [0.1, 0.15) is 0 Å². The molecule has 0 spiro atoms. The summed E-state index contributed by atoms with van der Waals surface area (Å²) in [5, 5.41) is 9.01. The molecule has 0 aromatic heterocycles. The van der Waals surface area contributed by atoms with Crippen LogP contribution < -0.4 is 10.6 Å². The van der Waals surface area contributed by atoms with Gasteiger partial charge in [-0.1, -0.05) is 25.1 Å². The second kappa shape index (κ2) is 7.09. The van der Waals surface area contributed by atoms with Crippen molar-refractivity contribution in [2.45, 2.75) is 19.4 Å². The van der Waals surface area contributed by atoms with Crippen molar-refractivity contribution in [3.05, 3.63) is 42.5 Å². The Balaban J connectivity index is 2.79. The second-order valence-corrected chi connectivity index (χ2v) is 4.06. The van der Waals surface area contributed by atoms with Crippen molar-refractivity contribution < 1.29 is 5.11 Å². The molecule has 0 aliphatic rings. The molecule has 94 valence electrons. The van der Waals surface area contributed by atoms with Crippen LogP contribution in [0.2, 0.25) is 0 Å². The lowest BCUT2D eigenvalue weighted by molar-refractivity contribution is 0.303. The molecule has 0 saturated carbocycles. The van der Waals surface area contributed by atoms with E-state index in [1.54, 1.807) is 0 Å². The van der Waals surface area contributed by atoms with Gasteiger partial charge in [-0.3, -0.25) is 0 Å². The van der Waals surface area contributed by atoms with E-state index in [0.717, 1.165) is 24.2 Å². The zero-order valence-corrected chi connectivity index (χ0v) is 10.5. The molecule has 1 aromatic carbocycles. The summed E-state index contributed by atoms with van der Waals surface area (Å²) in [6.45, 7) is 7.30. The SMILES string of the molecule is C=CCN(CCO)c1ccc(C(N)CC)cc1. The lowest BCUT2D eigenvalue weighted by Gasteiger charge is -2.22. The first kappa shape index (κ1) is 13.7. The van der Waals surface area contributed by atoms with E-state index in [9.17, 15) is 0 Å². The maximum absolute atomic E-state index is 9.01. The highest BCUT2D eigenvalue weighted by atomic mass is 16.3. The van der Waals surface area contributed by atoms with Gasteiger partial charge in [0.15, 0.2) is 0 Å². The van der Waals surface area contributed by atoms with E-state index >= 15 is 0 Å². The third-order valence-electron chi connectivity index (χ3n) is 2.85. The first-order valence-corrected chi connectivity index (χ1v) is 6.05. The summed E-state index contributed by atoms with van der Waals surface area (Å²) < 4.78 is 0. The second-order valence-electron chi connectivity index (χ2n) is 4.06. The Bertz CT molecular complexity index is 335. The van der Waals surface area contributed by atoms with Gasteiger partial charge in [-0.25, -0.2) is 0 Å². The molecule has 0 amide bonds. The van der Waals surface area contributed by atoms with Crippen LogP contribution >= 0.6 is 0 Å². The van der Waals surface area contributed by atoms with Crippen LogP contribution in [0, 0.1) is 0 Å². The Labute approximate surface area is 104 Å². The van der Waals surface area contributed by atoms with Crippen LogP contribution in [0.1, 0.15) is 24.9 Å². The molecule has 0 radical (unpaired) electrons. The van der Waals surface area contributed by atoms with Crippen LogP contribution in [0.5, 0.6) is 0 Å². The maximum Gasteiger partial charge on any atom is 0.0606 e. The average Bonchev–Trinajstić information content (AvgIpc) is 2.38. The molecule has 1 unspecified atom stereocenters. The van der Waals surface area contributed by atoms with E-state index in [-0.39, 0.29) is 12.6 Å². The van der Waals surface area contributed by atoms with Crippen molar-refractivity contribution in [1.29, 1.82) is 0 Å². The molecular weight excluding hydrogens is 212 g/mol. The van der Waals surface area contributed by atoms with Gasteiger partial charge in [0.2, 0.25) is 0 Å². The summed E-state index contributed by atoms with van der Waals surface area (Å²) in [5.74, 6) is 0. The molecule has 17 heavy (non-hydrogen) atoms. The highest BCUT2D eigenvalue weighted by Crippen LogP contribution is 2.19. The Hall–Kier alpha value is -1.32. The standard InChI is InChI=1S/C14H22N2O/c1-3-9-16(10-11-17)13-7-5-12(6-8-13)14(15)4-2/h3,5-8,14,17H,1,4,9-11,15H2,2H3. The van der Waals surface area contributed by atoms with E-state index in [1.165, 1.54) is 0 Å². The summed E-state index contributed by atoms with van der Waals surface area (Å²) >= 11 is 0. The topological polar surface area (TPSA) is 49.5 Å². The quantitative estimate of drug-likeness (QED) is 0.710. The molecule has 1 rings (SSSR count). The molecule has 0 aliphatic heterocycles. The third-order valence-corrected chi connectivity index (χ3v) is 2.85. The molecule has 3 N–H and O–H groups in total. The number of rotatable bonds is 7. The fourth-order valence-electron chi connectivity index (χ4n) is 1.77. The van der Waals surface area contributed by atoms with Crippen molar-refractivity contribution in [2.75, 3.05) is 24.6 Å². The first-order valence-electron chi connectivity index (χ1n) is 6.05. The number of hydrogen-bond acceptors (Lipinski definition) is 3. The van der Waals surface area contributed by atoms with Crippen LogP contribution in [-0.2, 0) is 0 Å². The predicted octanol–water partition coefficient (Wildman–Crippen LogP) is 2.08. The van der Waals surface area contributed by atoms with Crippen LogP contribution in [0.15, 0.2) is 36.9 Å². The van der Waals surface area contributed by atoms with Gasteiger partial charge < -0.3 is 15.7 Å². The molecular formula is C14H22N2O. The first-order chi connectivity index (χ1) is 8.22. The van der Waals surface area contributed by atoms with Crippen LogP contribution in [-0.4, -0.2) is 24.8 Å². The number of aliphatic hydroxyl groups excluding tert-OH is 1. The Morgan fingerprint density at radius 3 is 2.53 bits per heavy atom. The summed E-state index contributed by atoms with van der Waals surface area (Å²) in [5.41, 5.74) is 8.21. The largest absolute Gasteiger partial charge is 0.395 e. The number of benzene rings is 1. The molecule has 0 aliphatic carbocycles. The number of nitrogens with zero attached hydrogens (tertiary/aromatic N) is 1. The zero-order valence-electron chi connectivity index (χ0n) is 10.5. The van der Waals surface area contributed by atoms with Crippen molar-refractivity contribution in [3.8, 4) is 0 Å². The summed E-state index contributed by atoms with van der Waals surface area (Å²) in [7, 11) is 0. The van der Waals surface area contributed by atoms with Crippen molar-refractivity contribution in [1.82, 2.24) is 0 Å². The summed E-state index contributed by atoms with van der Waals surface area (Å²) in [4.78, 5) is 2.08. The van der Waals surface area contributed by atoms with E-state index in [0.29, 0.717) is 6.54 Å². The smallest absolute Gasteiger partial charge is 0.0606 e. The fourth-order valence-corrected chi connectivity index (χ4v) is 1.77. The number of anilines is 1. The highest BCUT2D eigenvalue weighted by Gasteiger charge is 2.06. The molecule has 0 bridgehead atoms. The van der Waals surface area contributed by atoms with Crippen LogP contribution in [0.25, 0.3) is 0 Å². The van der Waals surface area contributed by atoms with E-state index in [1.807, 2.05) is 18.2 Å². The average molecular weight is 234 g/mol. The van der Waals surface area contributed by atoms with Gasteiger partial charge in [-0.05, 0) is 24.1 Å². The number of nitrogens with two attached hydrogens (primary N) is 1. The number of hydrogen-bond donors (Lipinski definition) is 2. The monoisotopic (exact) mass is 234 g/mol. The highest BCUT2D eigenvalue weighted by molar-refractivity contribution is 5.48. The zero-order chi connectivity index (χ0) is 12.7. The molecule has 0 fully saturated rings. The summed E-state index contributed by atoms with van der Waals surface area (Å²) in [6, 6.07) is 8.30. The number of aliphatic hydroxyl groups is 1. The minimum atomic E-state index is 0.106. The minimum Gasteiger partial charge on any atom is -0.395 e. The molecule has 1 atom stereocenters. The molecule has 3 heteroatoms. The van der Waals surface area contributed by atoms with Gasteiger partial charge in [0.25, 0.3) is 0 Å². The lowest BCUT2D eigenvalue weighted by Crippen LogP contribution is -2.26. The fraction of sp³-hybridized carbons (Fsp3) is 0.429. The Morgan fingerprint density at radius 2 is 2.06 bits per heavy atom. The van der Waals surface area contributed by atoms with Crippen molar-refractivity contribution >= 4 is 5.69 Å². The summed E-state index contributed by atoms with van der Waals surface area (Å²) in [6.07, 6.45) is 2.77. The van der Waals surface area contributed by atoms with Gasteiger partial charge in [-0.2, -0.15) is 0 Å². The molecule has 0 saturated heterocycles. The Kier molecular flexibility index (Phi) is 5.73. The van der Waals surface area contributed by atoms with E-state index in [2.05, 4.69) is 30.5 Å². The van der Waals surface area contributed by atoms with Gasteiger partial charge in [0, 0.05) is 24.8 Å². The lowest BCUT2D eigenvalue weighted by atomic mass is 10.1. The molecule has 0 heterocycles. The van der Waals surface area contributed by atoms with Crippen molar-refractivity contribution in [3.63, 3.8) is 0 Å². The minimum absolute atomic E-state index is 0.106. The van der Waals surface area contributed by atoms with Crippen LogP contribution in [0.3, 0.4) is 0 Å². The third kappa shape index (κ3) is 3.88. The van der Waals surface area contributed by atoms with E-state index < -0.39 is 0 Å². The molecule has 1 aromatic rings. The normalized spacial score (nSPS) is 12.2. The van der Waals surface area contributed by atoms with Crippen molar-refractivity contribution in [2.24, 2.45) is 5.73 Å². The maximum atomic E-state index is 9.01.